The minimum atomic E-state index is 0.147. The van der Waals surface area contributed by atoms with Crippen LogP contribution in [-0.2, 0) is 13.1 Å². The standard InChI is InChI=1S/C15H24N4/c16-15(17)18-11-13-5-7-14(8-6-13)12-19-9-3-1-2-4-10-19/h5-8H,1-4,9-12H2,(H4,16,17,18). The summed E-state index contributed by atoms with van der Waals surface area (Å²) in [5.74, 6) is 0.147. The molecule has 0 aliphatic carbocycles. The lowest BCUT2D eigenvalue weighted by Crippen LogP contribution is -2.23. The first-order valence-electron chi connectivity index (χ1n) is 7.09. The second-order valence-electron chi connectivity index (χ2n) is 5.25. The second-order valence-corrected chi connectivity index (χ2v) is 5.25. The van der Waals surface area contributed by atoms with E-state index in [0.29, 0.717) is 6.54 Å². The fraction of sp³-hybridized carbons (Fsp3) is 0.533. The molecule has 4 nitrogen and oxygen atoms in total. The lowest BCUT2D eigenvalue weighted by molar-refractivity contribution is 0.277. The predicted octanol–water partition coefficient (Wildman–Crippen LogP) is 1.84. The SMILES string of the molecule is NC(N)=NCc1ccc(CN2CCCCCC2)cc1. The van der Waals surface area contributed by atoms with Crippen LogP contribution in [0, 0.1) is 0 Å². The van der Waals surface area contributed by atoms with Gasteiger partial charge in [-0.15, -0.1) is 0 Å². The molecule has 0 atom stereocenters. The maximum absolute atomic E-state index is 5.33. The Morgan fingerprint density at radius 1 is 0.947 bits per heavy atom. The molecule has 19 heavy (non-hydrogen) atoms. The van der Waals surface area contributed by atoms with Crippen LogP contribution in [0.15, 0.2) is 29.3 Å². The van der Waals surface area contributed by atoms with Gasteiger partial charge in [-0.1, -0.05) is 37.1 Å². The summed E-state index contributed by atoms with van der Waals surface area (Å²) >= 11 is 0. The van der Waals surface area contributed by atoms with Crippen molar-refractivity contribution in [1.29, 1.82) is 0 Å². The van der Waals surface area contributed by atoms with Crippen LogP contribution in [0.5, 0.6) is 0 Å². The van der Waals surface area contributed by atoms with E-state index in [1.165, 1.54) is 44.3 Å². The molecule has 0 bridgehead atoms. The van der Waals surface area contributed by atoms with Crippen molar-refractivity contribution in [1.82, 2.24) is 4.90 Å². The Kier molecular flexibility index (Phi) is 5.21. The van der Waals surface area contributed by atoms with Crippen molar-refractivity contribution >= 4 is 5.96 Å². The monoisotopic (exact) mass is 260 g/mol. The van der Waals surface area contributed by atoms with Crippen LogP contribution in [0.4, 0.5) is 0 Å². The maximum Gasteiger partial charge on any atom is 0.186 e. The van der Waals surface area contributed by atoms with Gasteiger partial charge in [-0.2, -0.15) is 0 Å². The summed E-state index contributed by atoms with van der Waals surface area (Å²) < 4.78 is 0. The summed E-state index contributed by atoms with van der Waals surface area (Å²) in [6, 6.07) is 8.59. The van der Waals surface area contributed by atoms with Gasteiger partial charge in [0.2, 0.25) is 0 Å². The number of nitrogens with zero attached hydrogens (tertiary/aromatic N) is 2. The minimum absolute atomic E-state index is 0.147. The number of benzene rings is 1. The van der Waals surface area contributed by atoms with E-state index < -0.39 is 0 Å². The van der Waals surface area contributed by atoms with Gasteiger partial charge >= 0.3 is 0 Å². The summed E-state index contributed by atoms with van der Waals surface area (Å²) in [5.41, 5.74) is 13.2. The lowest BCUT2D eigenvalue weighted by Gasteiger charge is -2.19. The van der Waals surface area contributed by atoms with Gasteiger partial charge in [-0.3, -0.25) is 4.90 Å². The van der Waals surface area contributed by atoms with Crippen LogP contribution in [0.3, 0.4) is 0 Å². The molecule has 0 radical (unpaired) electrons. The van der Waals surface area contributed by atoms with Crippen LogP contribution in [0.2, 0.25) is 0 Å². The molecule has 104 valence electrons. The molecule has 0 spiro atoms. The van der Waals surface area contributed by atoms with E-state index in [2.05, 4.69) is 34.2 Å². The molecule has 2 rings (SSSR count). The molecule has 0 unspecified atom stereocenters. The van der Waals surface area contributed by atoms with Gasteiger partial charge in [-0.25, -0.2) is 4.99 Å². The quantitative estimate of drug-likeness (QED) is 0.641. The molecule has 1 heterocycles. The van der Waals surface area contributed by atoms with E-state index in [1.54, 1.807) is 0 Å². The van der Waals surface area contributed by atoms with E-state index in [0.717, 1.165) is 12.1 Å². The molecular formula is C15H24N4. The van der Waals surface area contributed by atoms with Crippen molar-refractivity contribution in [3.05, 3.63) is 35.4 Å². The van der Waals surface area contributed by atoms with Crippen molar-refractivity contribution in [2.45, 2.75) is 38.8 Å². The fourth-order valence-corrected chi connectivity index (χ4v) is 2.49. The molecule has 1 aromatic carbocycles. The highest BCUT2D eigenvalue weighted by atomic mass is 15.1. The molecular weight excluding hydrogens is 236 g/mol. The lowest BCUT2D eigenvalue weighted by atomic mass is 10.1. The number of guanidine groups is 1. The van der Waals surface area contributed by atoms with Crippen LogP contribution < -0.4 is 11.5 Å². The third-order valence-corrected chi connectivity index (χ3v) is 3.57. The Hall–Kier alpha value is -1.55. The Morgan fingerprint density at radius 2 is 1.53 bits per heavy atom. The molecule has 0 amide bonds. The zero-order chi connectivity index (χ0) is 13.5. The van der Waals surface area contributed by atoms with E-state index in [4.69, 9.17) is 11.5 Å². The van der Waals surface area contributed by atoms with Crippen molar-refractivity contribution in [3.63, 3.8) is 0 Å². The molecule has 1 aliphatic heterocycles. The Morgan fingerprint density at radius 3 is 2.11 bits per heavy atom. The highest BCUT2D eigenvalue weighted by Gasteiger charge is 2.09. The van der Waals surface area contributed by atoms with Crippen molar-refractivity contribution in [2.75, 3.05) is 13.1 Å². The number of likely N-dealkylation sites (tertiary alicyclic amines) is 1. The topological polar surface area (TPSA) is 67.6 Å². The van der Waals surface area contributed by atoms with Crippen LogP contribution in [0.25, 0.3) is 0 Å². The van der Waals surface area contributed by atoms with Gasteiger partial charge < -0.3 is 11.5 Å². The van der Waals surface area contributed by atoms with E-state index in [-0.39, 0.29) is 5.96 Å². The third kappa shape index (κ3) is 4.91. The Labute approximate surface area is 115 Å². The largest absolute Gasteiger partial charge is 0.370 e. The van der Waals surface area contributed by atoms with Gasteiger partial charge in [0.05, 0.1) is 6.54 Å². The molecule has 1 fully saturated rings. The normalized spacial score (nSPS) is 16.8. The highest BCUT2D eigenvalue weighted by Crippen LogP contribution is 2.14. The molecule has 4 heteroatoms. The van der Waals surface area contributed by atoms with Crippen molar-refractivity contribution in [3.8, 4) is 0 Å². The number of hydrogen-bond donors (Lipinski definition) is 2. The number of hydrogen-bond acceptors (Lipinski definition) is 2. The van der Waals surface area contributed by atoms with Crippen LogP contribution in [-0.4, -0.2) is 23.9 Å². The number of rotatable bonds is 4. The van der Waals surface area contributed by atoms with Crippen LogP contribution >= 0.6 is 0 Å². The molecule has 0 saturated carbocycles. The second kappa shape index (κ2) is 7.14. The van der Waals surface area contributed by atoms with Crippen molar-refractivity contribution < 1.29 is 0 Å². The zero-order valence-electron chi connectivity index (χ0n) is 11.5. The van der Waals surface area contributed by atoms with Crippen molar-refractivity contribution in [2.24, 2.45) is 16.5 Å². The molecule has 1 saturated heterocycles. The van der Waals surface area contributed by atoms with E-state index >= 15 is 0 Å². The Balaban J connectivity index is 1.88. The van der Waals surface area contributed by atoms with Gasteiger partial charge in [-0.05, 0) is 37.1 Å². The highest BCUT2D eigenvalue weighted by molar-refractivity contribution is 5.75. The summed E-state index contributed by atoms with van der Waals surface area (Å²) in [7, 11) is 0. The number of aliphatic imine (C=N–C) groups is 1. The Bertz CT molecular complexity index is 399. The molecule has 1 aromatic rings. The third-order valence-electron chi connectivity index (χ3n) is 3.57. The van der Waals surface area contributed by atoms with Gasteiger partial charge in [0.25, 0.3) is 0 Å². The van der Waals surface area contributed by atoms with Gasteiger partial charge in [0.1, 0.15) is 0 Å². The first-order valence-corrected chi connectivity index (χ1v) is 7.09. The van der Waals surface area contributed by atoms with Crippen LogP contribution in [0.1, 0.15) is 36.8 Å². The van der Waals surface area contributed by atoms with E-state index in [9.17, 15) is 0 Å². The number of nitrogens with two attached hydrogens (primary N) is 2. The minimum Gasteiger partial charge on any atom is -0.370 e. The predicted molar refractivity (Wildman–Crippen MR) is 79.7 cm³/mol. The summed E-state index contributed by atoms with van der Waals surface area (Å²) in [4.78, 5) is 6.57. The average molecular weight is 260 g/mol. The summed E-state index contributed by atoms with van der Waals surface area (Å²) in [5, 5.41) is 0. The molecule has 1 aliphatic rings. The summed E-state index contributed by atoms with van der Waals surface area (Å²) in [6.45, 7) is 4.08. The average Bonchev–Trinajstić information content (AvgIpc) is 2.66. The first-order chi connectivity index (χ1) is 9.24. The smallest absolute Gasteiger partial charge is 0.186 e. The molecule has 0 aromatic heterocycles. The van der Waals surface area contributed by atoms with Gasteiger partial charge in [0, 0.05) is 6.54 Å². The summed E-state index contributed by atoms with van der Waals surface area (Å²) in [6.07, 6.45) is 5.44. The first kappa shape index (κ1) is 13.9. The fourth-order valence-electron chi connectivity index (χ4n) is 2.49. The van der Waals surface area contributed by atoms with E-state index in [1.807, 2.05) is 0 Å². The maximum atomic E-state index is 5.33. The zero-order valence-corrected chi connectivity index (χ0v) is 11.5. The molecule has 4 N–H and O–H groups in total. The van der Waals surface area contributed by atoms with Gasteiger partial charge in [0.15, 0.2) is 5.96 Å².